The second-order valence-electron chi connectivity index (χ2n) is 2.98. The molecule has 1 rings (SSSR count). The fraction of sp³-hybridized carbons (Fsp3) is 0.500. The Balaban J connectivity index is 2.46. The van der Waals surface area contributed by atoms with E-state index < -0.39 is 0 Å². The van der Waals surface area contributed by atoms with Crippen LogP contribution in [-0.4, -0.2) is 18.6 Å². The fourth-order valence-electron chi connectivity index (χ4n) is 1.13. The molecule has 72 valence electrons. The van der Waals surface area contributed by atoms with Crippen LogP contribution in [0.4, 0.5) is 5.82 Å². The van der Waals surface area contributed by atoms with E-state index in [4.69, 9.17) is 0 Å². The first-order valence-electron chi connectivity index (χ1n) is 4.70. The van der Waals surface area contributed by atoms with Gasteiger partial charge in [0.05, 0.1) is 0 Å². The van der Waals surface area contributed by atoms with Crippen LogP contribution in [0.1, 0.15) is 18.9 Å². The van der Waals surface area contributed by atoms with Crippen molar-refractivity contribution < 1.29 is 0 Å². The maximum Gasteiger partial charge on any atom is 0.125 e. The van der Waals surface area contributed by atoms with Crippen LogP contribution in [0.3, 0.4) is 0 Å². The highest BCUT2D eigenvalue weighted by Gasteiger charge is 1.93. The molecule has 0 radical (unpaired) electrons. The third-order valence-corrected chi connectivity index (χ3v) is 1.84. The van der Waals surface area contributed by atoms with Gasteiger partial charge in [-0.3, -0.25) is 0 Å². The third kappa shape index (κ3) is 3.42. The Bertz CT molecular complexity index is 248. The summed E-state index contributed by atoms with van der Waals surface area (Å²) in [7, 11) is 1.88. The van der Waals surface area contributed by atoms with Crippen molar-refractivity contribution in [2.45, 2.75) is 19.9 Å². The molecule has 0 aromatic carbocycles. The van der Waals surface area contributed by atoms with Crippen molar-refractivity contribution in [2.24, 2.45) is 0 Å². The van der Waals surface area contributed by atoms with E-state index in [1.54, 1.807) is 0 Å². The van der Waals surface area contributed by atoms with Crippen LogP contribution in [0.2, 0.25) is 0 Å². The molecule has 0 atom stereocenters. The van der Waals surface area contributed by atoms with E-state index in [0.717, 1.165) is 18.9 Å². The molecule has 0 aliphatic rings. The molecule has 1 aromatic rings. The lowest BCUT2D eigenvalue weighted by Crippen LogP contribution is -2.13. The molecule has 13 heavy (non-hydrogen) atoms. The number of rotatable bonds is 5. The van der Waals surface area contributed by atoms with E-state index >= 15 is 0 Å². The second-order valence-corrected chi connectivity index (χ2v) is 2.98. The number of nitrogens with one attached hydrogen (secondary N) is 2. The maximum absolute atomic E-state index is 4.15. The van der Waals surface area contributed by atoms with Gasteiger partial charge in [0.1, 0.15) is 5.82 Å². The molecule has 3 heteroatoms. The Morgan fingerprint density at radius 1 is 1.46 bits per heavy atom. The van der Waals surface area contributed by atoms with Gasteiger partial charge in [-0.25, -0.2) is 4.98 Å². The summed E-state index contributed by atoms with van der Waals surface area (Å²) in [6.07, 6.45) is 3.00. The van der Waals surface area contributed by atoms with E-state index in [-0.39, 0.29) is 0 Å². The first-order valence-corrected chi connectivity index (χ1v) is 4.70. The number of hydrogen-bond donors (Lipinski definition) is 2. The first kappa shape index (κ1) is 9.99. The van der Waals surface area contributed by atoms with Gasteiger partial charge in [-0.15, -0.1) is 0 Å². The zero-order valence-corrected chi connectivity index (χ0v) is 8.30. The zero-order valence-electron chi connectivity index (χ0n) is 8.30. The molecule has 0 saturated heterocycles. The van der Waals surface area contributed by atoms with Crippen molar-refractivity contribution in [1.29, 1.82) is 0 Å². The highest BCUT2D eigenvalue weighted by atomic mass is 14.9. The van der Waals surface area contributed by atoms with Crippen molar-refractivity contribution >= 4 is 5.82 Å². The SMILES string of the molecule is CCCNCc1ccnc(NC)c1. The van der Waals surface area contributed by atoms with Gasteiger partial charge in [0.2, 0.25) is 0 Å². The smallest absolute Gasteiger partial charge is 0.125 e. The summed E-state index contributed by atoms with van der Waals surface area (Å²) in [5.41, 5.74) is 1.27. The van der Waals surface area contributed by atoms with Crippen molar-refractivity contribution in [2.75, 3.05) is 18.9 Å². The van der Waals surface area contributed by atoms with E-state index in [1.165, 1.54) is 12.0 Å². The second kappa shape index (κ2) is 5.54. The molecular weight excluding hydrogens is 162 g/mol. The molecule has 0 saturated carbocycles. The van der Waals surface area contributed by atoms with Gasteiger partial charge in [0, 0.05) is 19.8 Å². The predicted molar refractivity (Wildman–Crippen MR) is 55.8 cm³/mol. The zero-order chi connectivity index (χ0) is 9.52. The van der Waals surface area contributed by atoms with Crippen molar-refractivity contribution in [3.05, 3.63) is 23.9 Å². The van der Waals surface area contributed by atoms with Crippen LogP contribution < -0.4 is 10.6 Å². The summed E-state index contributed by atoms with van der Waals surface area (Å²) >= 11 is 0. The molecule has 1 heterocycles. The molecular formula is C10H17N3. The normalized spacial score (nSPS) is 10.0. The first-order chi connectivity index (χ1) is 6.36. The molecule has 2 N–H and O–H groups in total. The predicted octanol–water partition coefficient (Wildman–Crippen LogP) is 1.62. The number of aromatic nitrogens is 1. The molecule has 0 amide bonds. The number of hydrogen-bond acceptors (Lipinski definition) is 3. The Hall–Kier alpha value is -1.09. The minimum absolute atomic E-state index is 0.922. The molecule has 0 unspecified atom stereocenters. The maximum atomic E-state index is 4.15. The lowest BCUT2D eigenvalue weighted by molar-refractivity contribution is 0.675. The Morgan fingerprint density at radius 2 is 2.31 bits per heavy atom. The molecule has 0 bridgehead atoms. The molecule has 0 aliphatic heterocycles. The molecule has 0 fully saturated rings. The van der Waals surface area contributed by atoms with E-state index in [9.17, 15) is 0 Å². The summed E-state index contributed by atoms with van der Waals surface area (Å²) in [5, 5.41) is 6.37. The summed E-state index contributed by atoms with van der Waals surface area (Å²) in [6, 6.07) is 4.09. The fourth-order valence-corrected chi connectivity index (χ4v) is 1.13. The van der Waals surface area contributed by atoms with Crippen LogP contribution >= 0.6 is 0 Å². The van der Waals surface area contributed by atoms with Crippen molar-refractivity contribution in [3.63, 3.8) is 0 Å². The summed E-state index contributed by atoms with van der Waals surface area (Å²) in [5.74, 6) is 0.927. The number of nitrogens with zero attached hydrogens (tertiary/aromatic N) is 1. The van der Waals surface area contributed by atoms with Gasteiger partial charge >= 0.3 is 0 Å². The van der Waals surface area contributed by atoms with Crippen LogP contribution in [-0.2, 0) is 6.54 Å². The monoisotopic (exact) mass is 179 g/mol. The van der Waals surface area contributed by atoms with Gasteiger partial charge < -0.3 is 10.6 Å². The van der Waals surface area contributed by atoms with Gasteiger partial charge in [0.15, 0.2) is 0 Å². The van der Waals surface area contributed by atoms with Crippen LogP contribution in [0, 0.1) is 0 Å². The van der Waals surface area contributed by atoms with Gasteiger partial charge in [0.25, 0.3) is 0 Å². The summed E-state index contributed by atoms with van der Waals surface area (Å²) < 4.78 is 0. The van der Waals surface area contributed by atoms with Crippen molar-refractivity contribution in [3.8, 4) is 0 Å². The quantitative estimate of drug-likeness (QED) is 0.674. The molecule has 0 spiro atoms. The van der Waals surface area contributed by atoms with E-state index in [2.05, 4.69) is 28.6 Å². The molecule has 3 nitrogen and oxygen atoms in total. The van der Waals surface area contributed by atoms with Crippen LogP contribution in [0.25, 0.3) is 0 Å². The van der Waals surface area contributed by atoms with Gasteiger partial charge in [-0.05, 0) is 30.7 Å². The topological polar surface area (TPSA) is 37.0 Å². The molecule has 0 aliphatic carbocycles. The Morgan fingerprint density at radius 3 is 3.00 bits per heavy atom. The van der Waals surface area contributed by atoms with Gasteiger partial charge in [-0.2, -0.15) is 0 Å². The van der Waals surface area contributed by atoms with E-state index in [1.807, 2.05) is 19.3 Å². The largest absolute Gasteiger partial charge is 0.373 e. The Labute approximate surface area is 79.6 Å². The minimum Gasteiger partial charge on any atom is -0.373 e. The highest BCUT2D eigenvalue weighted by Crippen LogP contribution is 2.04. The lowest BCUT2D eigenvalue weighted by atomic mass is 10.2. The third-order valence-electron chi connectivity index (χ3n) is 1.84. The average molecular weight is 179 g/mol. The van der Waals surface area contributed by atoms with E-state index in [0.29, 0.717) is 0 Å². The van der Waals surface area contributed by atoms with Crippen LogP contribution in [0.5, 0.6) is 0 Å². The standard InChI is InChI=1S/C10H17N3/c1-3-5-12-8-9-4-6-13-10(7-9)11-2/h4,6-7,12H,3,5,8H2,1-2H3,(H,11,13). The van der Waals surface area contributed by atoms with Gasteiger partial charge in [-0.1, -0.05) is 6.92 Å². The summed E-state index contributed by atoms with van der Waals surface area (Å²) in [6.45, 7) is 4.15. The van der Waals surface area contributed by atoms with Crippen molar-refractivity contribution in [1.82, 2.24) is 10.3 Å². The lowest BCUT2D eigenvalue weighted by Gasteiger charge is -2.04. The average Bonchev–Trinajstić information content (AvgIpc) is 2.19. The Kier molecular flexibility index (Phi) is 4.26. The number of pyridine rings is 1. The summed E-state index contributed by atoms with van der Waals surface area (Å²) in [4.78, 5) is 4.15. The van der Waals surface area contributed by atoms with Crippen LogP contribution in [0.15, 0.2) is 18.3 Å². The minimum atomic E-state index is 0.922. The number of anilines is 1. The molecule has 1 aromatic heterocycles. The highest BCUT2D eigenvalue weighted by molar-refractivity contribution is 5.36.